The van der Waals surface area contributed by atoms with E-state index in [9.17, 15) is 9.50 Å². The fourth-order valence-corrected chi connectivity index (χ4v) is 3.37. The van der Waals surface area contributed by atoms with Crippen molar-refractivity contribution >= 4 is 10.9 Å². The Morgan fingerprint density at radius 1 is 1.38 bits per heavy atom. The highest BCUT2D eigenvalue weighted by Gasteiger charge is 2.28. The smallest absolute Gasteiger partial charge is 0.132 e. The first-order valence-corrected chi connectivity index (χ1v) is 7.57. The van der Waals surface area contributed by atoms with Crippen molar-refractivity contribution in [2.75, 3.05) is 13.2 Å². The summed E-state index contributed by atoms with van der Waals surface area (Å²) in [5.74, 6) is 0.260. The Morgan fingerprint density at radius 2 is 2.24 bits per heavy atom. The van der Waals surface area contributed by atoms with Crippen molar-refractivity contribution in [3.63, 3.8) is 0 Å². The van der Waals surface area contributed by atoms with Crippen molar-refractivity contribution in [1.29, 1.82) is 0 Å². The number of aromatic nitrogens is 1. The number of benzene rings is 1. The van der Waals surface area contributed by atoms with Gasteiger partial charge >= 0.3 is 0 Å². The minimum absolute atomic E-state index is 0.174. The molecule has 0 bridgehead atoms. The molecule has 0 radical (unpaired) electrons. The van der Waals surface area contributed by atoms with Crippen LogP contribution in [0, 0.1) is 11.7 Å². The molecule has 3 rings (SSSR count). The van der Waals surface area contributed by atoms with Crippen LogP contribution in [-0.4, -0.2) is 34.2 Å². The van der Waals surface area contributed by atoms with E-state index in [1.807, 2.05) is 6.07 Å². The van der Waals surface area contributed by atoms with Crippen LogP contribution < -0.4 is 0 Å². The van der Waals surface area contributed by atoms with Gasteiger partial charge in [0.25, 0.3) is 0 Å². The number of aliphatic hydroxyl groups is 1. The first kappa shape index (κ1) is 14.4. The highest BCUT2D eigenvalue weighted by Crippen LogP contribution is 2.27. The maximum Gasteiger partial charge on any atom is 0.132 e. The topological polar surface area (TPSA) is 36.4 Å². The molecule has 1 aromatic heterocycles. The summed E-state index contributed by atoms with van der Waals surface area (Å²) in [6.45, 7) is 4.05. The van der Waals surface area contributed by atoms with Gasteiger partial charge in [0.15, 0.2) is 0 Å². The van der Waals surface area contributed by atoms with Gasteiger partial charge in [-0.05, 0) is 49.1 Å². The van der Waals surface area contributed by atoms with Crippen LogP contribution in [0.25, 0.3) is 10.9 Å². The number of halogens is 1. The molecule has 1 aliphatic rings. The summed E-state index contributed by atoms with van der Waals surface area (Å²) < 4.78 is 13.9. The second-order valence-electron chi connectivity index (χ2n) is 5.95. The molecular weight excluding hydrogens is 267 g/mol. The summed E-state index contributed by atoms with van der Waals surface area (Å²) >= 11 is 0. The van der Waals surface area contributed by atoms with Crippen molar-refractivity contribution in [2.24, 2.45) is 5.92 Å². The minimum Gasteiger partial charge on any atom is -0.395 e. The lowest BCUT2D eigenvalue weighted by molar-refractivity contribution is 0.0475. The van der Waals surface area contributed by atoms with Gasteiger partial charge in [-0.15, -0.1) is 0 Å². The molecular formula is C17H21FN2O. The zero-order valence-electron chi connectivity index (χ0n) is 12.3. The van der Waals surface area contributed by atoms with Crippen molar-refractivity contribution in [3.8, 4) is 0 Å². The number of hydrogen-bond donors (Lipinski definition) is 1. The predicted octanol–water partition coefficient (Wildman–Crippen LogP) is 2.97. The third kappa shape index (κ3) is 2.78. The van der Waals surface area contributed by atoms with E-state index in [4.69, 9.17) is 0 Å². The number of rotatable bonds is 3. The second-order valence-corrected chi connectivity index (χ2v) is 5.95. The van der Waals surface area contributed by atoms with Crippen molar-refractivity contribution in [1.82, 2.24) is 9.88 Å². The lowest BCUT2D eigenvalue weighted by Crippen LogP contribution is -2.46. The van der Waals surface area contributed by atoms with Gasteiger partial charge in [0, 0.05) is 24.2 Å². The molecule has 3 nitrogen and oxygen atoms in total. The Hall–Kier alpha value is -1.52. The molecule has 112 valence electrons. The van der Waals surface area contributed by atoms with E-state index in [-0.39, 0.29) is 18.5 Å². The Balaban J connectivity index is 1.93. The van der Waals surface area contributed by atoms with Crippen LogP contribution in [0.15, 0.2) is 30.5 Å². The Kier molecular flexibility index (Phi) is 4.17. The molecule has 1 N–H and O–H groups in total. The van der Waals surface area contributed by atoms with E-state index in [1.54, 1.807) is 18.3 Å². The van der Waals surface area contributed by atoms with Crippen molar-refractivity contribution in [2.45, 2.75) is 32.4 Å². The van der Waals surface area contributed by atoms with E-state index >= 15 is 0 Å². The van der Waals surface area contributed by atoms with Gasteiger partial charge in [0.1, 0.15) is 5.82 Å². The third-order valence-corrected chi connectivity index (χ3v) is 4.59. The van der Waals surface area contributed by atoms with Crippen LogP contribution in [0.5, 0.6) is 0 Å². The van der Waals surface area contributed by atoms with E-state index in [0.29, 0.717) is 17.8 Å². The van der Waals surface area contributed by atoms with Crippen LogP contribution >= 0.6 is 0 Å². The number of nitrogens with zero attached hydrogens (tertiary/aromatic N) is 2. The van der Waals surface area contributed by atoms with Gasteiger partial charge < -0.3 is 5.11 Å². The summed E-state index contributed by atoms with van der Waals surface area (Å²) in [6.07, 6.45) is 4.00. The van der Waals surface area contributed by atoms with Gasteiger partial charge in [0.2, 0.25) is 0 Å². The lowest BCUT2D eigenvalue weighted by Gasteiger charge is -2.39. The molecule has 2 heterocycles. The Bertz CT molecular complexity index is 631. The van der Waals surface area contributed by atoms with E-state index < -0.39 is 0 Å². The highest BCUT2D eigenvalue weighted by atomic mass is 19.1. The Morgan fingerprint density at radius 3 is 3.05 bits per heavy atom. The average Bonchev–Trinajstić information content (AvgIpc) is 2.51. The number of likely N-dealkylation sites (tertiary alicyclic amines) is 1. The average molecular weight is 288 g/mol. The van der Waals surface area contributed by atoms with E-state index in [0.717, 1.165) is 30.5 Å². The summed E-state index contributed by atoms with van der Waals surface area (Å²) in [7, 11) is 0. The number of fused-ring (bicyclic) bond motifs is 1. The number of hydrogen-bond acceptors (Lipinski definition) is 3. The fraction of sp³-hybridized carbons (Fsp3) is 0.471. The molecule has 1 fully saturated rings. The summed E-state index contributed by atoms with van der Waals surface area (Å²) in [4.78, 5) is 6.65. The number of piperidine rings is 1. The maximum atomic E-state index is 13.9. The zero-order valence-corrected chi connectivity index (χ0v) is 12.3. The molecule has 0 aliphatic carbocycles. The number of aliphatic hydroxyl groups excluding tert-OH is 1. The van der Waals surface area contributed by atoms with Gasteiger partial charge in [-0.2, -0.15) is 0 Å². The van der Waals surface area contributed by atoms with Crippen molar-refractivity contribution < 1.29 is 9.50 Å². The largest absolute Gasteiger partial charge is 0.395 e. The molecule has 0 saturated carbocycles. The minimum atomic E-state index is -0.229. The molecule has 1 saturated heterocycles. The van der Waals surface area contributed by atoms with Crippen LogP contribution in [0.3, 0.4) is 0 Å². The van der Waals surface area contributed by atoms with Crippen molar-refractivity contribution in [3.05, 3.63) is 41.8 Å². The lowest BCUT2D eigenvalue weighted by atomic mass is 9.91. The Labute approximate surface area is 124 Å². The monoisotopic (exact) mass is 288 g/mol. The van der Waals surface area contributed by atoms with Crippen LogP contribution in [0.1, 0.15) is 25.3 Å². The van der Waals surface area contributed by atoms with Gasteiger partial charge in [0.05, 0.1) is 12.1 Å². The van der Waals surface area contributed by atoms with Gasteiger partial charge in [-0.25, -0.2) is 4.39 Å². The zero-order chi connectivity index (χ0) is 14.8. The van der Waals surface area contributed by atoms with Crippen LogP contribution in [0.2, 0.25) is 0 Å². The van der Waals surface area contributed by atoms with Gasteiger partial charge in [-0.3, -0.25) is 9.88 Å². The number of pyridine rings is 1. The predicted molar refractivity (Wildman–Crippen MR) is 81.4 cm³/mol. The van der Waals surface area contributed by atoms with Crippen LogP contribution in [-0.2, 0) is 6.54 Å². The molecule has 2 atom stereocenters. The molecule has 1 aromatic carbocycles. The third-order valence-electron chi connectivity index (χ3n) is 4.59. The van der Waals surface area contributed by atoms with E-state index in [2.05, 4.69) is 16.8 Å². The highest BCUT2D eigenvalue weighted by molar-refractivity contribution is 5.82. The quantitative estimate of drug-likeness (QED) is 0.943. The summed E-state index contributed by atoms with van der Waals surface area (Å²) in [5, 5.41) is 10.2. The molecule has 4 heteroatoms. The van der Waals surface area contributed by atoms with E-state index in [1.165, 1.54) is 6.07 Å². The molecule has 1 aliphatic heterocycles. The summed E-state index contributed by atoms with van der Waals surface area (Å²) in [6, 6.07) is 7.04. The standard InChI is InChI=1S/C17H21FN2O/c1-12-4-3-9-20(16(12)11-21)10-13-6-7-15(18)14-5-2-8-19-17(13)14/h2,5-8,12,16,21H,3-4,9-11H2,1H3. The molecule has 2 aromatic rings. The first-order valence-electron chi connectivity index (χ1n) is 7.57. The first-order chi connectivity index (χ1) is 10.2. The molecule has 0 amide bonds. The normalized spacial score (nSPS) is 23.6. The van der Waals surface area contributed by atoms with Gasteiger partial charge in [-0.1, -0.05) is 13.0 Å². The molecule has 21 heavy (non-hydrogen) atoms. The molecule has 0 spiro atoms. The second kappa shape index (κ2) is 6.08. The summed E-state index contributed by atoms with van der Waals surface area (Å²) in [5.41, 5.74) is 1.76. The van der Waals surface area contributed by atoms with Crippen LogP contribution in [0.4, 0.5) is 4.39 Å². The molecule has 2 unspecified atom stereocenters. The SMILES string of the molecule is CC1CCCN(Cc2ccc(F)c3cccnc23)C1CO. The maximum absolute atomic E-state index is 13.9. The fourth-order valence-electron chi connectivity index (χ4n) is 3.37.